The minimum absolute atomic E-state index is 0.0822. The largest absolute Gasteiger partial charge is 0.416 e. The third-order valence-corrected chi connectivity index (χ3v) is 2.75. The summed E-state index contributed by atoms with van der Waals surface area (Å²) in [4.78, 5) is 0. The number of nitriles is 1. The fourth-order valence-corrected chi connectivity index (χ4v) is 1.71. The van der Waals surface area contributed by atoms with E-state index in [9.17, 15) is 17.6 Å². The summed E-state index contributed by atoms with van der Waals surface area (Å²) in [5.74, 6) is -0.536. The molecule has 0 bridgehead atoms. The summed E-state index contributed by atoms with van der Waals surface area (Å²) in [6.45, 7) is 0. The number of nitrogens with two attached hydrogens (primary N) is 1. The third-order valence-electron chi connectivity index (χ3n) is 2.75. The van der Waals surface area contributed by atoms with Crippen molar-refractivity contribution in [2.24, 2.45) is 0 Å². The first-order valence-corrected chi connectivity index (χ1v) is 5.74. The predicted octanol–water partition coefficient (Wildman–Crippen LogP) is 4.04. The molecule has 0 atom stereocenters. The zero-order chi connectivity index (χ0) is 15.6. The number of anilines is 3. The van der Waals surface area contributed by atoms with Crippen LogP contribution in [-0.2, 0) is 6.18 Å². The van der Waals surface area contributed by atoms with E-state index in [1.165, 1.54) is 6.07 Å². The maximum atomic E-state index is 12.9. The number of hydrogen-bond donors (Lipinski definition) is 2. The average Bonchev–Trinajstić information content (AvgIpc) is 2.41. The van der Waals surface area contributed by atoms with E-state index >= 15 is 0 Å². The van der Waals surface area contributed by atoms with E-state index < -0.39 is 17.6 Å². The number of hydrogen-bond acceptors (Lipinski definition) is 3. The first-order valence-electron chi connectivity index (χ1n) is 5.74. The van der Waals surface area contributed by atoms with Crippen molar-refractivity contribution in [3.63, 3.8) is 0 Å². The molecule has 2 aromatic carbocycles. The van der Waals surface area contributed by atoms with Crippen LogP contribution in [0.1, 0.15) is 11.1 Å². The molecule has 3 N–H and O–H groups in total. The summed E-state index contributed by atoms with van der Waals surface area (Å²) >= 11 is 0. The smallest absolute Gasteiger partial charge is 0.397 e. The molecule has 0 aliphatic carbocycles. The highest BCUT2D eigenvalue weighted by atomic mass is 19.4. The summed E-state index contributed by atoms with van der Waals surface area (Å²) < 4.78 is 50.7. The molecule has 0 saturated carbocycles. The number of nitrogen functional groups attached to an aromatic ring is 1. The standard InChI is InChI=1S/C14H9F4N3/c15-10-2-4-13(11(20)6-10)21-12-3-1-9(14(16,17)18)5-8(12)7-19/h1-6,21H,20H2. The summed E-state index contributed by atoms with van der Waals surface area (Å²) in [5.41, 5.74) is 5.03. The maximum Gasteiger partial charge on any atom is 0.416 e. The van der Waals surface area contributed by atoms with Gasteiger partial charge in [-0.05, 0) is 36.4 Å². The Balaban J connectivity index is 2.39. The Morgan fingerprint density at radius 3 is 2.29 bits per heavy atom. The van der Waals surface area contributed by atoms with Crippen LogP contribution in [0.5, 0.6) is 0 Å². The quantitative estimate of drug-likeness (QED) is 0.649. The molecule has 0 aliphatic heterocycles. The molecule has 108 valence electrons. The Morgan fingerprint density at radius 1 is 1.05 bits per heavy atom. The van der Waals surface area contributed by atoms with Crippen molar-refractivity contribution in [1.82, 2.24) is 0 Å². The molecule has 0 aromatic heterocycles. The Hall–Kier alpha value is -2.75. The minimum Gasteiger partial charge on any atom is -0.397 e. The highest BCUT2D eigenvalue weighted by Gasteiger charge is 2.31. The normalized spacial score (nSPS) is 11.0. The molecule has 0 radical (unpaired) electrons. The molecule has 3 nitrogen and oxygen atoms in total. The summed E-state index contributed by atoms with van der Waals surface area (Å²) in [6.07, 6.45) is -4.53. The van der Waals surface area contributed by atoms with Gasteiger partial charge in [0, 0.05) is 0 Å². The third kappa shape index (κ3) is 3.23. The van der Waals surface area contributed by atoms with Crippen LogP contribution >= 0.6 is 0 Å². The van der Waals surface area contributed by atoms with Gasteiger partial charge in [0.15, 0.2) is 0 Å². The van der Waals surface area contributed by atoms with Crippen LogP contribution in [0.15, 0.2) is 36.4 Å². The van der Waals surface area contributed by atoms with Crippen molar-refractivity contribution in [3.8, 4) is 6.07 Å². The summed E-state index contributed by atoms with van der Waals surface area (Å²) in [6, 6.07) is 7.95. The van der Waals surface area contributed by atoms with Crippen LogP contribution in [-0.4, -0.2) is 0 Å². The lowest BCUT2D eigenvalue weighted by Crippen LogP contribution is -2.06. The van der Waals surface area contributed by atoms with E-state index in [0.29, 0.717) is 5.69 Å². The fraction of sp³-hybridized carbons (Fsp3) is 0.0714. The fourth-order valence-electron chi connectivity index (χ4n) is 1.71. The Kier molecular flexibility index (Phi) is 3.72. The van der Waals surface area contributed by atoms with Crippen LogP contribution in [0.3, 0.4) is 0 Å². The molecule has 0 aliphatic rings. The molecule has 0 unspecified atom stereocenters. The van der Waals surface area contributed by atoms with Gasteiger partial charge in [0.25, 0.3) is 0 Å². The molecule has 2 aromatic rings. The van der Waals surface area contributed by atoms with Crippen LogP contribution in [0.25, 0.3) is 0 Å². The molecular weight excluding hydrogens is 286 g/mol. The van der Waals surface area contributed by atoms with Gasteiger partial charge in [0.1, 0.15) is 11.9 Å². The van der Waals surface area contributed by atoms with Gasteiger partial charge in [0.2, 0.25) is 0 Å². The van der Waals surface area contributed by atoms with Gasteiger partial charge in [-0.15, -0.1) is 0 Å². The Bertz CT molecular complexity index is 717. The second-order valence-electron chi connectivity index (χ2n) is 4.23. The van der Waals surface area contributed by atoms with Gasteiger partial charge < -0.3 is 11.1 Å². The number of benzene rings is 2. The first kappa shape index (κ1) is 14.7. The lowest BCUT2D eigenvalue weighted by molar-refractivity contribution is -0.137. The van der Waals surface area contributed by atoms with E-state index in [2.05, 4.69) is 5.32 Å². The average molecular weight is 295 g/mol. The summed E-state index contributed by atoms with van der Waals surface area (Å²) in [5, 5.41) is 11.7. The molecule has 7 heteroatoms. The molecule has 0 saturated heterocycles. The van der Waals surface area contributed by atoms with Crippen molar-refractivity contribution >= 4 is 17.1 Å². The minimum atomic E-state index is -4.53. The second-order valence-corrected chi connectivity index (χ2v) is 4.23. The SMILES string of the molecule is N#Cc1cc(C(F)(F)F)ccc1Nc1ccc(F)cc1N. The van der Waals surface area contributed by atoms with Crippen LogP contribution in [0.2, 0.25) is 0 Å². The molecule has 0 fully saturated rings. The lowest BCUT2D eigenvalue weighted by Gasteiger charge is -2.13. The van der Waals surface area contributed by atoms with Gasteiger partial charge >= 0.3 is 6.18 Å². The van der Waals surface area contributed by atoms with Crippen molar-refractivity contribution in [3.05, 3.63) is 53.3 Å². The molecule has 0 spiro atoms. The number of halogens is 4. The Morgan fingerprint density at radius 2 is 1.71 bits per heavy atom. The zero-order valence-electron chi connectivity index (χ0n) is 10.5. The molecule has 0 heterocycles. The lowest BCUT2D eigenvalue weighted by atomic mass is 10.1. The van der Waals surface area contributed by atoms with E-state index in [1.54, 1.807) is 6.07 Å². The summed E-state index contributed by atoms with van der Waals surface area (Å²) in [7, 11) is 0. The number of nitrogens with zero attached hydrogens (tertiary/aromatic N) is 1. The number of alkyl halides is 3. The number of rotatable bonds is 2. The van der Waals surface area contributed by atoms with E-state index in [1.807, 2.05) is 0 Å². The van der Waals surface area contributed by atoms with E-state index in [-0.39, 0.29) is 16.9 Å². The molecular formula is C14H9F4N3. The van der Waals surface area contributed by atoms with Gasteiger partial charge in [-0.2, -0.15) is 18.4 Å². The van der Waals surface area contributed by atoms with E-state index in [4.69, 9.17) is 11.0 Å². The van der Waals surface area contributed by atoms with Crippen molar-refractivity contribution in [2.75, 3.05) is 11.1 Å². The predicted molar refractivity (Wildman–Crippen MR) is 70.3 cm³/mol. The number of nitrogens with one attached hydrogen (secondary N) is 1. The highest BCUT2D eigenvalue weighted by molar-refractivity contribution is 5.75. The monoisotopic (exact) mass is 295 g/mol. The van der Waals surface area contributed by atoms with Gasteiger partial charge in [0.05, 0.1) is 28.2 Å². The van der Waals surface area contributed by atoms with Gasteiger partial charge in [-0.3, -0.25) is 0 Å². The van der Waals surface area contributed by atoms with Crippen LogP contribution < -0.4 is 11.1 Å². The van der Waals surface area contributed by atoms with Crippen molar-refractivity contribution < 1.29 is 17.6 Å². The molecule has 2 rings (SSSR count). The Labute approximate surface area is 117 Å². The highest BCUT2D eigenvalue weighted by Crippen LogP contribution is 2.33. The second kappa shape index (κ2) is 5.32. The van der Waals surface area contributed by atoms with Crippen molar-refractivity contribution in [1.29, 1.82) is 5.26 Å². The molecule has 21 heavy (non-hydrogen) atoms. The maximum absolute atomic E-state index is 12.9. The van der Waals surface area contributed by atoms with Gasteiger partial charge in [-0.1, -0.05) is 0 Å². The van der Waals surface area contributed by atoms with Crippen LogP contribution in [0, 0.1) is 17.1 Å². The first-order chi connectivity index (χ1) is 9.81. The molecule has 0 amide bonds. The topological polar surface area (TPSA) is 61.8 Å². The van der Waals surface area contributed by atoms with Crippen LogP contribution in [0.4, 0.5) is 34.6 Å². The van der Waals surface area contributed by atoms with Gasteiger partial charge in [-0.25, -0.2) is 4.39 Å². The van der Waals surface area contributed by atoms with Crippen molar-refractivity contribution in [2.45, 2.75) is 6.18 Å². The zero-order valence-corrected chi connectivity index (χ0v) is 10.5. The van der Waals surface area contributed by atoms with E-state index in [0.717, 1.165) is 30.3 Å².